The maximum Gasteiger partial charge on any atom is 0.256 e. The highest BCUT2D eigenvalue weighted by Gasteiger charge is 2.29. The molecule has 0 saturated carbocycles. The van der Waals surface area contributed by atoms with Gasteiger partial charge in [-0.05, 0) is 24.6 Å². The number of nitrogens with zero attached hydrogens (tertiary/aromatic N) is 4. The van der Waals surface area contributed by atoms with E-state index in [2.05, 4.69) is 28.6 Å². The van der Waals surface area contributed by atoms with E-state index in [1.165, 1.54) is 6.08 Å². The highest BCUT2D eigenvalue weighted by atomic mass is 16.5. The van der Waals surface area contributed by atoms with Gasteiger partial charge in [-0.3, -0.25) is 4.79 Å². The molecule has 4 rings (SSSR count). The molecule has 3 aromatic rings. The molecule has 0 radical (unpaired) electrons. The summed E-state index contributed by atoms with van der Waals surface area (Å²) >= 11 is 0. The van der Waals surface area contributed by atoms with Gasteiger partial charge in [0.1, 0.15) is 17.0 Å². The number of anilines is 1. The quantitative estimate of drug-likeness (QED) is 0.478. The molecule has 0 bridgehead atoms. The normalized spacial score (nSPS) is 15.3. The molecule has 32 heavy (non-hydrogen) atoms. The molecule has 1 unspecified atom stereocenters. The van der Waals surface area contributed by atoms with Crippen LogP contribution < -0.4 is 15.2 Å². The van der Waals surface area contributed by atoms with E-state index in [0.29, 0.717) is 53.0 Å². The number of aromatic hydroxyl groups is 1. The number of carbonyl (C=O) groups excluding carboxylic acids is 1. The molecular weight excluding hydrogens is 410 g/mol. The van der Waals surface area contributed by atoms with Crippen molar-refractivity contribution in [1.29, 1.82) is 0 Å². The Bertz CT molecular complexity index is 1250. The maximum absolute atomic E-state index is 12.0. The van der Waals surface area contributed by atoms with Gasteiger partial charge in [0.05, 0.1) is 31.2 Å². The van der Waals surface area contributed by atoms with Crippen molar-refractivity contribution in [2.24, 2.45) is 0 Å². The van der Waals surface area contributed by atoms with Gasteiger partial charge in [-0.1, -0.05) is 18.4 Å². The van der Waals surface area contributed by atoms with Crippen molar-refractivity contribution in [3.8, 4) is 29.2 Å². The van der Waals surface area contributed by atoms with Crippen molar-refractivity contribution >= 4 is 22.6 Å². The van der Waals surface area contributed by atoms with E-state index < -0.39 is 0 Å². The lowest BCUT2D eigenvalue weighted by atomic mass is 10.1. The van der Waals surface area contributed by atoms with Gasteiger partial charge in [0.15, 0.2) is 5.82 Å². The van der Waals surface area contributed by atoms with Crippen molar-refractivity contribution in [3.63, 3.8) is 0 Å². The van der Waals surface area contributed by atoms with E-state index >= 15 is 0 Å². The number of aromatic nitrogens is 3. The number of fused-ring (bicyclic) bond motifs is 1. The summed E-state index contributed by atoms with van der Waals surface area (Å²) in [6, 6.07) is 5.29. The molecule has 1 amide bonds. The fourth-order valence-corrected chi connectivity index (χ4v) is 3.91. The lowest BCUT2D eigenvalue weighted by Gasteiger charge is -2.16. The molecule has 1 aliphatic heterocycles. The lowest BCUT2D eigenvalue weighted by molar-refractivity contribution is -0.125. The summed E-state index contributed by atoms with van der Waals surface area (Å²) < 4.78 is 12.5. The molecule has 2 aromatic heterocycles. The van der Waals surface area contributed by atoms with Gasteiger partial charge < -0.3 is 29.8 Å². The van der Waals surface area contributed by atoms with Crippen LogP contribution in [0, 0.1) is 11.8 Å². The zero-order valence-corrected chi connectivity index (χ0v) is 17.8. The minimum absolute atomic E-state index is 0.0663. The van der Waals surface area contributed by atoms with Crippen LogP contribution in [0.2, 0.25) is 0 Å². The van der Waals surface area contributed by atoms with Gasteiger partial charge in [-0.2, -0.15) is 0 Å². The first-order chi connectivity index (χ1) is 15.4. The van der Waals surface area contributed by atoms with Crippen molar-refractivity contribution in [3.05, 3.63) is 48.2 Å². The molecule has 1 aliphatic rings. The molecule has 9 heteroatoms. The van der Waals surface area contributed by atoms with Gasteiger partial charge in [0, 0.05) is 30.9 Å². The van der Waals surface area contributed by atoms with Crippen LogP contribution in [0.15, 0.2) is 37.1 Å². The van der Waals surface area contributed by atoms with Crippen LogP contribution in [0.1, 0.15) is 23.6 Å². The van der Waals surface area contributed by atoms with Crippen LogP contribution in [0.5, 0.6) is 17.4 Å². The topological polar surface area (TPSA) is 116 Å². The molecule has 3 heterocycles. The summed E-state index contributed by atoms with van der Waals surface area (Å²) in [5.74, 6) is 7.28. The zero-order valence-electron chi connectivity index (χ0n) is 17.8. The second-order valence-corrected chi connectivity index (χ2v) is 7.36. The predicted molar refractivity (Wildman–Crippen MR) is 120 cm³/mol. The first-order valence-corrected chi connectivity index (χ1v) is 9.97. The summed E-state index contributed by atoms with van der Waals surface area (Å²) in [6.07, 6.45) is 3.84. The first kappa shape index (κ1) is 21.1. The van der Waals surface area contributed by atoms with Gasteiger partial charge in [0.25, 0.3) is 5.88 Å². The third kappa shape index (κ3) is 3.78. The number of carbonyl (C=O) groups is 1. The number of hydrogen-bond acceptors (Lipinski definition) is 7. The smallest absolute Gasteiger partial charge is 0.256 e. The Morgan fingerprint density at radius 2 is 1.97 bits per heavy atom. The second-order valence-electron chi connectivity index (χ2n) is 7.36. The van der Waals surface area contributed by atoms with E-state index in [-0.39, 0.29) is 23.6 Å². The Morgan fingerprint density at radius 3 is 2.62 bits per heavy atom. The third-order valence-corrected chi connectivity index (χ3v) is 5.49. The van der Waals surface area contributed by atoms with Crippen LogP contribution in [-0.2, 0) is 4.79 Å². The number of hydrogen-bond donors (Lipinski definition) is 2. The molecule has 1 fully saturated rings. The number of methoxy groups -OCH3 is 2. The predicted octanol–water partition coefficient (Wildman–Crippen LogP) is 2.10. The van der Waals surface area contributed by atoms with Crippen molar-refractivity contribution < 1.29 is 19.4 Å². The van der Waals surface area contributed by atoms with Crippen LogP contribution in [0.4, 0.5) is 5.82 Å². The maximum atomic E-state index is 12.0. The van der Waals surface area contributed by atoms with E-state index in [9.17, 15) is 9.90 Å². The number of nitrogen functional groups attached to an aromatic ring is 1. The largest absolute Gasteiger partial charge is 0.497 e. The van der Waals surface area contributed by atoms with Gasteiger partial charge in [-0.15, -0.1) is 10.2 Å². The zero-order chi connectivity index (χ0) is 22.8. The van der Waals surface area contributed by atoms with Gasteiger partial charge >= 0.3 is 0 Å². The summed E-state index contributed by atoms with van der Waals surface area (Å²) in [4.78, 5) is 13.7. The molecule has 9 nitrogen and oxygen atoms in total. The Kier molecular flexibility index (Phi) is 5.60. The summed E-state index contributed by atoms with van der Waals surface area (Å²) in [5.41, 5.74) is 7.84. The SMILES string of the molecule is C=CC(=O)N1CCC(n2cc(C#Cc3cc(OC)cc(OC)c3)c3c(N)nnc(O)c32)C1. The van der Waals surface area contributed by atoms with E-state index in [0.717, 1.165) is 0 Å². The average Bonchev–Trinajstić information content (AvgIpc) is 3.45. The number of benzene rings is 1. The Hall–Kier alpha value is -4.19. The minimum atomic E-state index is -0.237. The highest BCUT2D eigenvalue weighted by Crippen LogP contribution is 2.35. The lowest BCUT2D eigenvalue weighted by Crippen LogP contribution is -2.27. The molecule has 1 aromatic carbocycles. The molecule has 0 aliphatic carbocycles. The fourth-order valence-electron chi connectivity index (χ4n) is 3.91. The highest BCUT2D eigenvalue weighted by molar-refractivity contribution is 5.97. The average molecular weight is 433 g/mol. The summed E-state index contributed by atoms with van der Waals surface area (Å²) in [5, 5.41) is 18.6. The second kappa shape index (κ2) is 8.51. The molecular formula is C23H23N5O4. The third-order valence-electron chi connectivity index (χ3n) is 5.49. The molecule has 0 spiro atoms. The first-order valence-electron chi connectivity index (χ1n) is 9.97. The van der Waals surface area contributed by atoms with Crippen LogP contribution in [-0.4, -0.2) is 58.0 Å². The Balaban J connectivity index is 1.80. The number of nitrogens with two attached hydrogens (primary N) is 1. The molecule has 3 N–H and O–H groups in total. The number of likely N-dealkylation sites (tertiary alicyclic amines) is 1. The van der Waals surface area contributed by atoms with Crippen LogP contribution in [0.25, 0.3) is 10.9 Å². The van der Waals surface area contributed by atoms with Crippen LogP contribution in [0.3, 0.4) is 0 Å². The summed E-state index contributed by atoms with van der Waals surface area (Å²) in [6.45, 7) is 4.63. The summed E-state index contributed by atoms with van der Waals surface area (Å²) in [7, 11) is 3.15. The molecule has 164 valence electrons. The van der Waals surface area contributed by atoms with Gasteiger partial charge in [0.2, 0.25) is 5.91 Å². The number of amides is 1. The molecule has 1 atom stereocenters. The van der Waals surface area contributed by atoms with Crippen LogP contribution >= 0.6 is 0 Å². The number of ether oxygens (including phenoxy) is 2. The van der Waals surface area contributed by atoms with E-state index in [1.54, 1.807) is 37.3 Å². The van der Waals surface area contributed by atoms with E-state index in [4.69, 9.17) is 15.2 Å². The van der Waals surface area contributed by atoms with Gasteiger partial charge in [-0.25, -0.2) is 0 Å². The van der Waals surface area contributed by atoms with Crippen molar-refractivity contribution in [1.82, 2.24) is 19.7 Å². The fraction of sp³-hybridized carbons (Fsp3) is 0.261. The Morgan fingerprint density at radius 1 is 1.25 bits per heavy atom. The Labute approximate surface area is 185 Å². The number of rotatable bonds is 4. The molecule has 1 saturated heterocycles. The van der Waals surface area contributed by atoms with Crippen molar-refractivity contribution in [2.45, 2.75) is 12.5 Å². The standard InChI is InChI=1S/C23H23N5O4/c1-4-19(29)27-8-7-16(13-27)28-12-15(20-21(28)23(30)26-25-22(20)24)6-5-14-9-17(31-2)11-18(10-14)32-3/h4,9-12,16H,1,7-8,13H2,2-3H3,(H2,24,25)(H,26,30). The van der Waals surface area contributed by atoms with Crippen molar-refractivity contribution in [2.75, 3.05) is 33.0 Å². The monoisotopic (exact) mass is 433 g/mol. The minimum Gasteiger partial charge on any atom is -0.497 e. The van der Waals surface area contributed by atoms with E-state index in [1.807, 2.05) is 10.8 Å².